The average molecular weight is 324 g/mol. The topological polar surface area (TPSA) is 52.6 Å². The summed E-state index contributed by atoms with van der Waals surface area (Å²) in [4.78, 5) is 23.2. The lowest BCUT2D eigenvalue weighted by atomic mass is 10.1. The van der Waals surface area contributed by atoms with Crippen molar-refractivity contribution in [3.63, 3.8) is 0 Å². The molecule has 0 heterocycles. The first kappa shape index (κ1) is 17.5. The van der Waals surface area contributed by atoms with Crippen molar-refractivity contribution in [2.45, 2.75) is 19.3 Å². The van der Waals surface area contributed by atoms with Gasteiger partial charge in [-0.05, 0) is 30.5 Å². The van der Waals surface area contributed by atoms with Gasteiger partial charge in [0.15, 0.2) is 11.5 Å². The molecule has 0 aliphatic heterocycles. The van der Waals surface area contributed by atoms with Crippen LogP contribution in [0.3, 0.4) is 0 Å². The van der Waals surface area contributed by atoms with Gasteiger partial charge in [-0.3, -0.25) is 9.59 Å². The van der Waals surface area contributed by atoms with Gasteiger partial charge in [-0.15, -0.1) is 6.58 Å². The number of carbonyl (C=O) groups excluding carboxylic acids is 2. The van der Waals surface area contributed by atoms with Crippen molar-refractivity contribution in [3.05, 3.63) is 71.8 Å². The summed E-state index contributed by atoms with van der Waals surface area (Å²) in [6.07, 6.45) is 3.75. The lowest BCUT2D eigenvalue weighted by Crippen LogP contribution is -2.11. The van der Waals surface area contributed by atoms with Crippen LogP contribution in [0.5, 0.6) is 11.5 Å². The summed E-state index contributed by atoms with van der Waals surface area (Å²) in [6.45, 7) is 3.69. The van der Waals surface area contributed by atoms with Crippen LogP contribution in [0.4, 0.5) is 0 Å². The third kappa shape index (κ3) is 4.56. The highest BCUT2D eigenvalue weighted by atomic mass is 16.6. The largest absolute Gasteiger partial charge is 0.493 e. The summed E-state index contributed by atoms with van der Waals surface area (Å²) in [7, 11) is 1.48. The molecule has 4 nitrogen and oxygen atoms in total. The van der Waals surface area contributed by atoms with Gasteiger partial charge in [-0.1, -0.05) is 36.4 Å². The molecule has 0 aliphatic carbocycles. The Hall–Kier alpha value is -2.88. The predicted molar refractivity (Wildman–Crippen MR) is 92.7 cm³/mol. The molecule has 0 saturated heterocycles. The first-order chi connectivity index (χ1) is 11.7. The molecule has 0 atom stereocenters. The third-order valence-corrected chi connectivity index (χ3v) is 3.55. The number of aryl methyl sites for hydroxylation is 1. The lowest BCUT2D eigenvalue weighted by Gasteiger charge is -2.14. The molecule has 0 bridgehead atoms. The highest BCUT2D eigenvalue weighted by molar-refractivity contribution is 5.79. The standard InChI is InChI=1S/C20H20O4/c1-3-7-17-12-16(14-21)13-18(23-2)20(17)24-19(22)11-10-15-8-5-4-6-9-15/h3-6,8-9,12-14H,1,7,10-11H2,2H3. The van der Waals surface area contributed by atoms with Crippen molar-refractivity contribution >= 4 is 12.3 Å². The molecule has 0 spiro atoms. The van der Waals surface area contributed by atoms with Crippen molar-refractivity contribution in [2.75, 3.05) is 7.11 Å². The van der Waals surface area contributed by atoms with Gasteiger partial charge < -0.3 is 9.47 Å². The van der Waals surface area contributed by atoms with Crippen molar-refractivity contribution in [2.24, 2.45) is 0 Å². The number of rotatable bonds is 8. The molecule has 124 valence electrons. The maximum Gasteiger partial charge on any atom is 0.311 e. The van der Waals surface area contributed by atoms with Crippen molar-refractivity contribution in [3.8, 4) is 11.5 Å². The fraction of sp³-hybridized carbons (Fsp3) is 0.200. The van der Waals surface area contributed by atoms with Crippen molar-refractivity contribution < 1.29 is 19.1 Å². The van der Waals surface area contributed by atoms with Gasteiger partial charge in [0.1, 0.15) is 6.29 Å². The van der Waals surface area contributed by atoms with Crippen LogP contribution in [0.2, 0.25) is 0 Å². The molecule has 2 rings (SSSR count). The molecule has 0 unspecified atom stereocenters. The van der Waals surface area contributed by atoms with E-state index in [0.29, 0.717) is 35.5 Å². The summed E-state index contributed by atoms with van der Waals surface area (Å²) < 4.78 is 10.8. The van der Waals surface area contributed by atoms with E-state index in [1.165, 1.54) is 7.11 Å². The lowest BCUT2D eigenvalue weighted by molar-refractivity contribution is -0.134. The van der Waals surface area contributed by atoms with E-state index in [-0.39, 0.29) is 12.4 Å². The number of allylic oxidation sites excluding steroid dienone is 1. The van der Waals surface area contributed by atoms with E-state index in [9.17, 15) is 9.59 Å². The van der Waals surface area contributed by atoms with E-state index in [2.05, 4.69) is 6.58 Å². The Balaban J connectivity index is 2.16. The smallest absolute Gasteiger partial charge is 0.311 e. The number of ether oxygens (including phenoxy) is 2. The number of aldehydes is 1. The van der Waals surface area contributed by atoms with E-state index >= 15 is 0 Å². The summed E-state index contributed by atoms with van der Waals surface area (Å²) >= 11 is 0. The summed E-state index contributed by atoms with van der Waals surface area (Å²) in [5, 5.41) is 0. The van der Waals surface area contributed by atoms with Crippen LogP contribution in [-0.2, 0) is 17.6 Å². The van der Waals surface area contributed by atoms with Crippen LogP contribution in [-0.4, -0.2) is 19.4 Å². The fourth-order valence-electron chi connectivity index (χ4n) is 2.38. The van der Waals surface area contributed by atoms with Crippen LogP contribution < -0.4 is 9.47 Å². The number of hydrogen-bond acceptors (Lipinski definition) is 4. The van der Waals surface area contributed by atoms with E-state index in [0.717, 1.165) is 11.8 Å². The van der Waals surface area contributed by atoms with Gasteiger partial charge in [0.25, 0.3) is 0 Å². The van der Waals surface area contributed by atoms with Gasteiger partial charge in [0.2, 0.25) is 0 Å². The molecule has 0 aliphatic rings. The molecule has 24 heavy (non-hydrogen) atoms. The number of methoxy groups -OCH3 is 1. The highest BCUT2D eigenvalue weighted by Crippen LogP contribution is 2.33. The minimum atomic E-state index is -0.346. The molecule has 0 amide bonds. The third-order valence-electron chi connectivity index (χ3n) is 3.55. The van der Waals surface area contributed by atoms with E-state index in [1.54, 1.807) is 18.2 Å². The van der Waals surface area contributed by atoms with Gasteiger partial charge in [0, 0.05) is 17.5 Å². The van der Waals surface area contributed by atoms with Gasteiger partial charge in [0.05, 0.1) is 7.11 Å². The summed E-state index contributed by atoms with van der Waals surface area (Å²) in [5.41, 5.74) is 2.23. The van der Waals surface area contributed by atoms with Crippen LogP contribution in [0.25, 0.3) is 0 Å². The second-order valence-corrected chi connectivity index (χ2v) is 5.28. The van der Waals surface area contributed by atoms with Crippen LogP contribution in [0, 0.1) is 0 Å². The highest BCUT2D eigenvalue weighted by Gasteiger charge is 2.16. The molecular formula is C20H20O4. The SMILES string of the molecule is C=CCc1cc(C=O)cc(OC)c1OC(=O)CCc1ccccc1. The molecule has 0 N–H and O–H groups in total. The van der Waals surface area contributed by atoms with Crippen molar-refractivity contribution in [1.29, 1.82) is 0 Å². The molecule has 0 aromatic heterocycles. The Kier molecular flexibility index (Phi) is 6.32. The van der Waals surface area contributed by atoms with Gasteiger partial charge >= 0.3 is 5.97 Å². The molecule has 0 radical (unpaired) electrons. The number of benzene rings is 2. The second kappa shape index (κ2) is 8.67. The zero-order valence-corrected chi connectivity index (χ0v) is 13.7. The molecular weight excluding hydrogens is 304 g/mol. The minimum absolute atomic E-state index is 0.260. The minimum Gasteiger partial charge on any atom is -0.493 e. The Morgan fingerprint density at radius 3 is 2.58 bits per heavy atom. The first-order valence-corrected chi connectivity index (χ1v) is 7.69. The monoisotopic (exact) mass is 324 g/mol. The quantitative estimate of drug-likeness (QED) is 0.321. The molecule has 2 aromatic rings. The Morgan fingerprint density at radius 1 is 1.21 bits per heavy atom. The Labute approximate surface area is 141 Å². The number of hydrogen-bond donors (Lipinski definition) is 0. The molecule has 0 fully saturated rings. The van der Waals surface area contributed by atoms with Crippen LogP contribution in [0.15, 0.2) is 55.1 Å². The van der Waals surface area contributed by atoms with Crippen LogP contribution in [0.1, 0.15) is 27.9 Å². The van der Waals surface area contributed by atoms with Crippen LogP contribution >= 0.6 is 0 Å². The second-order valence-electron chi connectivity index (χ2n) is 5.28. The summed E-state index contributed by atoms with van der Waals surface area (Å²) in [6, 6.07) is 13.0. The zero-order chi connectivity index (χ0) is 17.4. The molecule has 0 saturated carbocycles. The first-order valence-electron chi connectivity index (χ1n) is 7.69. The maximum atomic E-state index is 12.2. The zero-order valence-electron chi connectivity index (χ0n) is 13.7. The maximum absolute atomic E-state index is 12.2. The average Bonchev–Trinajstić information content (AvgIpc) is 2.62. The van der Waals surface area contributed by atoms with E-state index < -0.39 is 0 Å². The van der Waals surface area contributed by atoms with Crippen molar-refractivity contribution in [1.82, 2.24) is 0 Å². The Morgan fingerprint density at radius 2 is 1.96 bits per heavy atom. The molecule has 2 aromatic carbocycles. The number of carbonyl (C=O) groups is 2. The van der Waals surface area contributed by atoms with E-state index in [1.807, 2.05) is 30.3 Å². The predicted octanol–water partition coefficient (Wildman–Crippen LogP) is 3.77. The normalized spacial score (nSPS) is 10.0. The number of esters is 1. The van der Waals surface area contributed by atoms with E-state index in [4.69, 9.17) is 9.47 Å². The Bertz CT molecular complexity index is 720. The van der Waals surface area contributed by atoms with Gasteiger partial charge in [-0.2, -0.15) is 0 Å². The molecule has 4 heteroatoms. The summed E-state index contributed by atoms with van der Waals surface area (Å²) in [5.74, 6) is 0.367. The fourth-order valence-corrected chi connectivity index (χ4v) is 2.38. The van der Waals surface area contributed by atoms with Gasteiger partial charge in [-0.25, -0.2) is 0 Å².